The number of amides is 2. The predicted octanol–water partition coefficient (Wildman–Crippen LogP) is 3.81. The van der Waals surface area contributed by atoms with E-state index in [-0.39, 0.29) is 23.6 Å². The molecule has 0 radical (unpaired) electrons. The zero-order valence-corrected chi connectivity index (χ0v) is 14.0. The number of halogens is 1. The Morgan fingerprint density at radius 1 is 1.22 bits per heavy atom. The molecule has 0 aromatic heterocycles. The quantitative estimate of drug-likeness (QED) is 0.860. The third kappa shape index (κ3) is 3.51. The van der Waals surface area contributed by atoms with Gasteiger partial charge in [0.2, 0.25) is 11.8 Å². The van der Waals surface area contributed by atoms with E-state index >= 15 is 0 Å². The second-order valence-electron chi connectivity index (χ2n) is 5.20. The standard InChI is InChI=1S/C17H15ClN2O2S/c1-11(23-13-8-6-12(18)7-9-13)17(22)20-10-16(21)19-14-4-2-3-5-15(14)20/h2-9,11H,10H2,1H3,(H,19,21). The normalized spacial score (nSPS) is 14.9. The highest BCUT2D eigenvalue weighted by atomic mass is 35.5. The Labute approximate surface area is 143 Å². The number of thioether (sulfide) groups is 1. The van der Waals surface area contributed by atoms with E-state index in [2.05, 4.69) is 5.32 Å². The van der Waals surface area contributed by atoms with E-state index in [1.165, 1.54) is 11.8 Å². The third-order valence-corrected chi connectivity index (χ3v) is 4.86. The Balaban J connectivity index is 1.79. The molecule has 0 saturated carbocycles. The summed E-state index contributed by atoms with van der Waals surface area (Å²) in [5.74, 6) is -0.270. The summed E-state index contributed by atoms with van der Waals surface area (Å²) in [7, 11) is 0. The summed E-state index contributed by atoms with van der Waals surface area (Å²) in [6, 6.07) is 14.7. The van der Waals surface area contributed by atoms with Crippen LogP contribution in [0.2, 0.25) is 5.02 Å². The minimum absolute atomic E-state index is 0.0430. The largest absolute Gasteiger partial charge is 0.323 e. The molecule has 1 aliphatic rings. The lowest BCUT2D eigenvalue weighted by molar-refractivity contribution is -0.121. The first-order valence-electron chi connectivity index (χ1n) is 7.17. The smallest absolute Gasteiger partial charge is 0.244 e. The zero-order valence-electron chi connectivity index (χ0n) is 12.5. The number of hydrogen-bond donors (Lipinski definition) is 1. The molecule has 1 N–H and O–H groups in total. The number of hydrogen-bond acceptors (Lipinski definition) is 3. The summed E-state index contributed by atoms with van der Waals surface area (Å²) in [6.07, 6.45) is 0. The number of nitrogens with zero attached hydrogens (tertiary/aromatic N) is 1. The number of fused-ring (bicyclic) bond motifs is 1. The Bertz CT molecular complexity index is 749. The van der Waals surface area contributed by atoms with Gasteiger partial charge in [-0.15, -0.1) is 11.8 Å². The van der Waals surface area contributed by atoms with Crippen LogP contribution < -0.4 is 10.2 Å². The molecule has 0 aliphatic carbocycles. The molecule has 1 atom stereocenters. The van der Waals surface area contributed by atoms with Gasteiger partial charge in [0.05, 0.1) is 16.6 Å². The van der Waals surface area contributed by atoms with Crippen LogP contribution in [0.4, 0.5) is 11.4 Å². The molecule has 0 saturated heterocycles. The number of para-hydroxylation sites is 2. The minimum atomic E-state index is -0.310. The molecule has 2 amide bonds. The van der Waals surface area contributed by atoms with E-state index in [4.69, 9.17) is 11.6 Å². The Kier molecular flexibility index (Phi) is 4.59. The Hall–Kier alpha value is -1.98. The number of carbonyl (C=O) groups is 2. The Morgan fingerprint density at radius 2 is 1.91 bits per heavy atom. The molecular weight excluding hydrogens is 332 g/mol. The first kappa shape index (κ1) is 15.9. The van der Waals surface area contributed by atoms with Gasteiger partial charge in [0.25, 0.3) is 0 Å². The lowest BCUT2D eigenvalue weighted by Crippen LogP contribution is -2.45. The van der Waals surface area contributed by atoms with Crippen molar-refractivity contribution in [2.24, 2.45) is 0 Å². The van der Waals surface area contributed by atoms with Crippen LogP contribution in [0.1, 0.15) is 6.92 Å². The number of anilines is 2. The highest BCUT2D eigenvalue weighted by Crippen LogP contribution is 2.32. The van der Waals surface area contributed by atoms with E-state index in [9.17, 15) is 9.59 Å². The van der Waals surface area contributed by atoms with E-state index in [0.717, 1.165) is 10.6 Å². The fraction of sp³-hybridized carbons (Fsp3) is 0.176. The molecule has 0 spiro atoms. The van der Waals surface area contributed by atoms with E-state index in [1.807, 2.05) is 37.3 Å². The average Bonchev–Trinajstić information content (AvgIpc) is 2.55. The topological polar surface area (TPSA) is 49.4 Å². The zero-order chi connectivity index (χ0) is 16.4. The fourth-order valence-corrected chi connectivity index (χ4v) is 3.47. The van der Waals surface area contributed by atoms with Gasteiger partial charge in [-0.1, -0.05) is 23.7 Å². The molecule has 0 fully saturated rings. The summed E-state index contributed by atoms with van der Waals surface area (Å²) in [6.45, 7) is 1.89. The molecule has 23 heavy (non-hydrogen) atoms. The molecule has 1 unspecified atom stereocenters. The minimum Gasteiger partial charge on any atom is -0.323 e. The van der Waals surface area contributed by atoms with Crippen LogP contribution in [0, 0.1) is 0 Å². The van der Waals surface area contributed by atoms with Crippen LogP contribution in [-0.4, -0.2) is 23.6 Å². The maximum Gasteiger partial charge on any atom is 0.244 e. The maximum absolute atomic E-state index is 12.8. The molecule has 118 valence electrons. The van der Waals surface area contributed by atoms with Crippen LogP contribution in [0.15, 0.2) is 53.4 Å². The van der Waals surface area contributed by atoms with Crippen LogP contribution in [0.5, 0.6) is 0 Å². The molecule has 1 aliphatic heterocycles. The van der Waals surface area contributed by atoms with Crippen LogP contribution in [0.3, 0.4) is 0 Å². The molecule has 3 rings (SSSR count). The average molecular weight is 347 g/mol. The lowest BCUT2D eigenvalue weighted by Gasteiger charge is -2.30. The molecule has 1 heterocycles. The van der Waals surface area contributed by atoms with E-state index in [0.29, 0.717) is 10.7 Å². The first-order valence-corrected chi connectivity index (χ1v) is 8.43. The van der Waals surface area contributed by atoms with Gasteiger partial charge in [-0.25, -0.2) is 0 Å². The number of benzene rings is 2. The van der Waals surface area contributed by atoms with Crippen molar-refractivity contribution in [3.8, 4) is 0 Å². The van der Waals surface area contributed by atoms with Crippen molar-refractivity contribution in [3.05, 3.63) is 53.6 Å². The second kappa shape index (κ2) is 6.64. The van der Waals surface area contributed by atoms with E-state index in [1.54, 1.807) is 23.1 Å². The third-order valence-electron chi connectivity index (χ3n) is 3.51. The summed E-state index contributed by atoms with van der Waals surface area (Å²) >= 11 is 7.32. The second-order valence-corrected chi connectivity index (χ2v) is 7.05. The molecule has 0 bridgehead atoms. The lowest BCUT2D eigenvalue weighted by atomic mass is 10.2. The highest BCUT2D eigenvalue weighted by molar-refractivity contribution is 8.00. The fourth-order valence-electron chi connectivity index (χ4n) is 2.42. The predicted molar refractivity (Wildman–Crippen MR) is 94.2 cm³/mol. The summed E-state index contributed by atoms with van der Waals surface area (Å²) in [4.78, 5) is 27.1. The van der Waals surface area contributed by atoms with Gasteiger partial charge in [0.1, 0.15) is 6.54 Å². The summed E-state index contributed by atoms with van der Waals surface area (Å²) < 4.78 is 0. The van der Waals surface area contributed by atoms with Crippen molar-refractivity contribution >= 4 is 46.6 Å². The van der Waals surface area contributed by atoms with Crippen molar-refractivity contribution in [3.63, 3.8) is 0 Å². The van der Waals surface area contributed by atoms with Gasteiger partial charge < -0.3 is 5.32 Å². The van der Waals surface area contributed by atoms with E-state index < -0.39 is 0 Å². The Morgan fingerprint density at radius 3 is 2.65 bits per heavy atom. The van der Waals surface area contributed by atoms with Crippen molar-refractivity contribution in [2.75, 3.05) is 16.8 Å². The van der Waals surface area contributed by atoms with Crippen LogP contribution >= 0.6 is 23.4 Å². The molecule has 2 aromatic carbocycles. The molecule has 6 heteroatoms. The SMILES string of the molecule is CC(Sc1ccc(Cl)cc1)C(=O)N1CC(=O)Nc2ccccc21. The summed E-state index contributed by atoms with van der Waals surface area (Å²) in [5.41, 5.74) is 1.40. The van der Waals surface area contributed by atoms with Crippen LogP contribution in [-0.2, 0) is 9.59 Å². The molecule has 2 aromatic rings. The number of nitrogens with one attached hydrogen (secondary N) is 1. The molecule has 4 nitrogen and oxygen atoms in total. The molecular formula is C17H15ClN2O2S. The summed E-state index contributed by atoms with van der Waals surface area (Å²) in [5, 5.41) is 3.14. The van der Waals surface area contributed by atoms with Gasteiger partial charge in [-0.3, -0.25) is 14.5 Å². The van der Waals surface area contributed by atoms with Crippen molar-refractivity contribution < 1.29 is 9.59 Å². The van der Waals surface area contributed by atoms with Gasteiger partial charge in [-0.05, 0) is 43.3 Å². The highest BCUT2D eigenvalue weighted by Gasteiger charge is 2.29. The van der Waals surface area contributed by atoms with Crippen LogP contribution in [0.25, 0.3) is 0 Å². The van der Waals surface area contributed by atoms with Gasteiger partial charge in [-0.2, -0.15) is 0 Å². The number of carbonyl (C=O) groups excluding carboxylic acids is 2. The van der Waals surface area contributed by atoms with Crippen molar-refractivity contribution in [1.82, 2.24) is 0 Å². The van der Waals surface area contributed by atoms with Gasteiger partial charge >= 0.3 is 0 Å². The first-order chi connectivity index (χ1) is 11.0. The van der Waals surface area contributed by atoms with Crippen molar-refractivity contribution in [1.29, 1.82) is 0 Å². The van der Waals surface area contributed by atoms with Gasteiger partial charge in [0, 0.05) is 9.92 Å². The maximum atomic E-state index is 12.8. The monoisotopic (exact) mass is 346 g/mol. The van der Waals surface area contributed by atoms with Crippen molar-refractivity contribution in [2.45, 2.75) is 17.1 Å². The van der Waals surface area contributed by atoms with Gasteiger partial charge in [0.15, 0.2) is 0 Å². The number of rotatable bonds is 3.